The number of carbonyl (C=O) groups is 1. The van der Waals surface area contributed by atoms with Crippen LogP contribution in [0.1, 0.15) is 24.1 Å². The van der Waals surface area contributed by atoms with Gasteiger partial charge in [-0.1, -0.05) is 60.1 Å². The quantitative estimate of drug-likeness (QED) is 0.915. The minimum absolute atomic E-state index is 0.0219. The van der Waals surface area contributed by atoms with Gasteiger partial charge in [0.15, 0.2) is 0 Å². The third-order valence-electron chi connectivity index (χ3n) is 4.70. The van der Waals surface area contributed by atoms with E-state index in [4.69, 9.17) is 17.3 Å². The van der Waals surface area contributed by atoms with Crippen LogP contribution in [-0.4, -0.2) is 47.9 Å². The smallest absolute Gasteiger partial charge is 0.239 e. The topological polar surface area (TPSA) is 49.6 Å². The summed E-state index contributed by atoms with van der Waals surface area (Å²) >= 11 is 6.50. The molecule has 5 heteroatoms. The number of rotatable bonds is 4. The molecule has 0 bridgehead atoms. The van der Waals surface area contributed by atoms with Crippen LogP contribution in [0.25, 0.3) is 0 Å². The van der Waals surface area contributed by atoms with E-state index >= 15 is 0 Å². The first-order chi connectivity index (χ1) is 12.1. The number of nitrogens with two attached hydrogens (primary N) is 1. The molecule has 1 aliphatic heterocycles. The third-order valence-corrected chi connectivity index (χ3v) is 5.04. The van der Waals surface area contributed by atoms with E-state index in [-0.39, 0.29) is 11.9 Å². The fraction of sp³-hybridized carbons (Fsp3) is 0.350. The molecule has 2 unspecified atom stereocenters. The van der Waals surface area contributed by atoms with Crippen LogP contribution in [0.5, 0.6) is 0 Å². The van der Waals surface area contributed by atoms with Gasteiger partial charge in [0.25, 0.3) is 0 Å². The molecular weight excluding hydrogens is 334 g/mol. The minimum Gasteiger partial charge on any atom is -0.339 e. The van der Waals surface area contributed by atoms with Crippen LogP contribution in [0.2, 0.25) is 5.02 Å². The van der Waals surface area contributed by atoms with Crippen LogP contribution < -0.4 is 5.73 Å². The second kappa shape index (κ2) is 8.00. The van der Waals surface area contributed by atoms with Gasteiger partial charge < -0.3 is 10.6 Å². The van der Waals surface area contributed by atoms with Crippen molar-refractivity contribution in [3.05, 3.63) is 70.7 Å². The minimum atomic E-state index is -0.444. The molecule has 0 saturated carbocycles. The first-order valence-electron chi connectivity index (χ1n) is 8.65. The number of halogens is 1. The molecule has 1 heterocycles. The fourth-order valence-electron chi connectivity index (χ4n) is 3.41. The average molecular weight is 358 g/mol. The summed E-state index contributed by atoms with van der Waals surface area (Å²) in [4.78, 5) is 16.4. The lowest BCUT2D eigenvalue weighted by Gasteiger charge is -2.40. The van der Waals surface area contributed by atoms with Gasteiger partial charge in [0.2, 0.25) is 5.91 Å². The zero-order chi connectivity index (χ0) is 17.8. The van der Waals surface area contributed by atoms with Crippen molar-refractivity contribution >= 4 is 17.5 Å². The molecule has 1 aliphatic rings. The predicted molar refractivity (Wildman–Crippen MR) is 102 cm³/mol. The maximum atomic E-state index is 12.1. The molecule has 1 amide bonds. The Morgan fingerprint density at radius 2 is 1.60 bits per heavy atom. The van der Waals surface area contributed by atoms with Gasteiger partial charge in [0, 0.05) is 31.2 Å². The van der Waals surface area contributed by atoms with Gasteiger partial charge in [0.1, 0.15) is 0 Å². The number of carbonyl (C=O) groups excluding carboxylic acids is 1. The van der Waals surface area contributed by atoms with Crippen LogP contribution in [0.15, 0.2) is 54.6 Å². The SMILES string of the molecule is CC(N)C(=O)N1CCN(C(c2ccccc2)c2ccccc2Cl)CC1. The van der Waals surface area contributed by atoms with Crippen molar-refractivity contribution in [1.82, 2.24) is 9.80 Å². The second-order valence-corrected chi connectivity index (χ2v) is 6.89. The van der Waals surface area contributed by atoms with E-state index < -0.39 is 6.04 Å². The van der Waals surface area contributed by atoms with E-state index in [1.165, 1.54) is 5.56 Å². The lowest BCUT2D eigenvalue weighted by atomic mass is 9.96. The van der Waals surface area contributed by atoms with E-state index in [0.29, 0.717) is 13.1 Å². The van der Waals surface area contributed by atoms with E-state index in [1.54, 1.807) is 6.92 Å². The molecule has 2 aromatic rings. The number of hydrogen-bond donors (Lipinski definition) is 1. The largest absolute Gasteiger partial charge is 0.339 e. The second-order valence-electron chi connectivity index (χ2n) is 6.48. The van der Waals surface area contributed by atoms with Crippen LogP contribution in [-0.2, 0) is 4.79 Å². The highest BCUT2D eigenvalue weighted by Crippen LogP contribution is 2.33. The van der Waals surface area contributed by atoms with Crippen LogP contribution in [0.3, 0.4) is 0 Å². The summed E-state index contributed by atoms with van der Waals surface area (Å²) in [7, 11) is 0. The van der Waals surface area contributed by atoms with Crippen molar-refractivity contribution in [2.75, 3.05) is 26.2 Å². The van der Waals surface area contributed by atoms with Crippen molar-refractivity contribution in [2.45, 2.75) is 19.0 Å². The number of amides is 1. The van der Waals surface area contributed by atoms with Gasteiger partial charge in [0.05, 0.1) is 12.1 Å². The molecule has 0 aliphatic carbocycles. The summed E-state index contributed by atoms with van der Waals surface area (Å²) in [5.74, 6) is 0.0219. The number of piperazine rings is 1. The molecule has 0 radical (unpaired) electrons. The Labute approximate surface area is 154 Å². The van der Waals surface area contributed by atoms with Gasteiger partial charge in [-0.3, -0.25) is 9.69 Å². The maximum Gasteiger partial charge on any atom is 0.239 e. The van der Waals surface area contributed by atoms with Crippen LogP contribution >= 0.6 is 11.6 Å². The van der Waals surface area contributed by atoms with Crippen LogP contribution in [0, 0.1) is 0 Å². The summed E-state index contributed by atoms with van der Waals surface area (Å²) in [5.41, 5.74) is 8.05. The van der Waals surface area contributed by atoms with Crippen molar-refractivity contribution in [2.24, 2.45) is 5.73 Å². The summed E-state index contributed by atoms with van der Waals surface area (Å²) in [6.45, 7) is 4.71. The highest BCUT2D eigenvalue weighted by atomic mass is 35.5. The molecule has 2 N–H and O–H groups in total. The highest BCUT2D eigenvalue weighted by molar-refractivity contribution is 6.31. The molecule has 2 atom stereocenters. The van der Waals surface area contributed by atoms with Gasteiger partial charge in [-0.2, -0.15) is 0 Å². The highest BCUT2D eigenvalue weighted by Gasteiger charge is 2.29. The number of hydrogen-bond acceptors (Lipinski definition) is 3. The normalized spacial score (nSPS) is 18.0. The molecule has 132 valence electrons. The molecule has 0 spiro atoms. The van der Waals surface area contributed by atoms with Crippen molar-refractivity contribution in [1.29, 1.82) is 0 Å². The average Bonchev–Trinajstić information content (AvgIpc) is 2.64. The first kappa shape index (κ1) is 17.9. The Kier molecular flexibility index (Phi) is 5.74. The van der Waals surface area contributed by atoms with Gasteiger partial charge in [-0.05, 0) is 24.1 Å². The van der Waals surface area contributed by atoms with Gasteiger partial charge in [-0.25, -0.2) is 0 Å². The number of benzene rings is 2. The molecular formula is C20H24ClN3O. The standard InChI is InChI=1S/C20H24ClN3O/c1-15(22)20(25)24-13-11-23(12-14-24)19(16-7-3-2-4-8-16)17-9-5-6-10-18(17)21/h2-10,15,19H,11-14,22H2,1H3. The lowest BCUT2D eigenvalue weighted by molar-refractivity contribution is -0.134. The monoisotopic (exact) mass is 357 g/mol. The van der Waals surface area contributed by atoms with Crippen LogP contribution in [0.4, 0.5) is 0 Å². The van der Waals surface area contributed by atoms with E-state index in [2.05, 4.69) is 35.2 Å². The van der Waals surface area contributed by atoms with Gasteiger partial charge in [-0.15, -0.1) is 0 Å². The Hall–Kier alpha value is -1.88. The van der Waals surface area contributed by atoms with E-state index in [1.807, 2.05) is 29.2 Å². The van der Waals surface area contributed by atoms with E-state index in [0.717, 1.165) is 23.7 Å². The maximum absolute atomic E-state index is 12.1. The Morgan fingerprint density at radius 3 is 2.20 bits per heavy atom. The third kappa shape index (κ3) is 4.03. The molecule has 1 fully saturated rings. The summed E-state index contributed by atoms with van der Waals surface area (Å²) < 4.78 is 0. The Morgan fingerprint density at radius 1 is 1.00 bits per heavy atom. The van der Waals surface area contributed by atoms with E-state index in [9.17, 15) is 4.79 Å². The molecule has 2 aromatic carbocycles. The number of nitrogens with zero attached hydrogens (tertiary/aromatic N) is 2. The molecule has 0 aromatic heterocycles. The Bertz CT molecular complexity index is 712. The molecule has 3 rings (SSSR count). The van der Waals surface area contributed by atoms with Crippen molar-refractivity contribution in [3.8, 4) is 0 Å². The van der Waals surface area contributed by atoms with Crippen molar-refractivity contribution < 1.29 is 4.79 Å². The molecule has 25 heavy (non-hydrogen) atoms. The lowest BCUT2D eigenvalue weighted by Crippen LogP contribution is -2.53. The zero-order valence-electron chi connectivity index (χ0n) is 14.4. The fourth-order valence-corrected chi connectivity index (χ4v) is 3.65. The Balaban J connectivity index is 1.85. The molecule has 1 saturated heterocycles. The van der Waals surface area contributed by atoms with Crippen molar-refractivity contribution in [3.63, 3.8) is 0 Å². The van der Waals surface area contributed by atoms with Gasteiger partial charge >= 0.3 is 0 Å². The predicted octanol–water partition coefficient (Wildman–Crippen LogP) is 2.92. The molecule has 4 nitrogen and oxygen atoms in total. The zero-order valence-corrected chi connectivity index (χ0v) is 15.2. The first-order valence-corrected chi connectivity index (χ1v) is 9.03. The summed E-state index contributed by atoms with van der Waals surface area (Å²) in [6, 6.07) is 18.0. The summed E-state index contributed by atoms with van der Waals surface area (Å²) in [5, 5.41) is 0.769. The summed E-state index contributed by atoms with van der Waals surface area (Å²) in [6.07, 6.45) is 0.